The summed E-state index contributed by atoms with van der Waals surface area (Å²) in [4.78, 5) is 15.4. The maximum absolute atomic E-state index is 13.0. The lowest BCUT2D eigenvalue weighted by Crippen LogP contribution is -2.25. The van der Waals surface area contributed by atoms with Crippen molar-refractivity contribution >= 4 is 17.5 Å². The van der Waals surface area contributed by atoms with E-state index in [-0.39, 0.29) is 16.6 Å². The number of carbonyl (C=O) groups is 1. The van der Waals surface area contributed by atoms with Gasteiger partial charge in [-0.25, -0.2) is 9.37 Å². The number of carbonyl (C=O) groups excluding carboxylic acids is 1. The van der Waals surface area contributed by atoms with E-state index in [9.17, 15) is 9.18 Å². The third-order valence-electron chi connectivity index (χ3n) is 2.92. The van der Waals surface area contributed by atoms with Gasteiger partial charge >= 0.3 is 0 Å². The van der Waals surface area contributed by atoms with Crippen molar-refractivity contribution in [3.63, 3.8) is 0 Å². The molecule has 2 rings (SSSR count). The molecule has 0 fully saturated rings. The summed E-state index contributed by atoms with van der Waals surface area (Å²) < 4.78 is 13.0. The number of hydrogen-bond donors (Lipinski definition) is 1. The van der Waals surface area contributed by atoms with Gasteiger partial charge in [-0.3, -0.25) is 4.79 Å². The molecule has 1 amide bonds. The predicted octanol–water partition coefficient (Wildman–Crippen LogP) is 3.10. The highest BCUT2D eigenvalue weighted by Crippen LogP contribution is 2.20. The summed E-state index contributed by atoms with van der Waals surface area (Å²) in [6.45, 7) is 0.539. The van der Waals surface area contributed by atoms with E-state index >= 15 is 0 Å². The average molecular weight is 269 g/mol. The number of aromatic nitrogens is 1. The zero-order chi connectivity index (χ0) is 13.0. The molecule has 0 unspecified atom stereocenters. The first-order valence-corrected chi connectivity index (χ1v) is 6.32. The Morgan fingerprint density at radius 1 is 1.56 bits per heavy atom. The van der Waals surface area contributed by atoms with Gasteiger partial charge in [-0.15, -0.1) is 0 Å². The van der Waals surface area contributed by atoms with Crippen LogP contribution in [0.15, 0.2) is 23.9 Å². The number of amides is 1. The third kappa shape index (κ3) is 3.29. The molecule has 3 nitrogen and oxygen atoms in total. The van der Waals surface area contributed by atoms with Crippen LogP contribution in [0.5, 0.6) is 0 Å². The first-order chi connectivity index (χ1) is 8.66. The predicted molar refractivity (Wildman–Crippen MR) is 68.1 cm³/mol. The number of nitrogens with zero attached hydrogens (tertiary/aromatic N) is 1. The molecule has 0 atom stereocenters. The van der Waals surface area contributed by atoms with Crippen LogP contribution < -0.4 is 5.32 Å². The number of pyridine rings is 1. The molecule has 18 heavy (non-hydrogen) atoms. The van der Waals surface area contributed by atoms with Gasteiger partial charge in [0.1, 0.15) is 11.0 Å². The van der Waals surface area contributed by atoms with Crippen molar-refractivity contribution in [2.24, 2.45) is 0 Å². The molecule has 1 aliphatic rings. The van der Waals surface area contributed by atoms with E-state index in [1.807, 2.05) is 0 Å². The second-order valence-electron chi connectivity index (χ2n) is 4.25. The Balaban J connectivity index is 1.89. The Labute approximate surface area is 110 Å². The minimum Gasteiger partial charge on any atom is -0.352 e. The van der Waals surface area contributed by atoms with Crippen molar-refractivity contribution in [1.29, 1.82) is 0 Å². The average Bonchev–Trinajstić information content (AvgIpc) is 2.85. The molecule has 0 aliphatic heterocycles. The van der Waals surface area contributed by atoms with Gasteiger partial charge in [0.15, 0.2) is 0 Å². The fourth-order valence-corrected chi connectivity index (χ4v) is 2.17. The minimum atomic E-state index is -0.567. The van der Waals surface area contributed by atoms with E-state index in [0.29, 0.717) is 6.54 Å². The van der Waals surface area contributed by atoms with Gasteiger partial charge in [0.25, 0.3) is 5.91 Å². The van der Waals surface area contributed by atoms with Crippen molar-refractivity contribution in [3.05, 3.63) is 40.4 Å². The Kier molecular flexibility index (Phi) is 4.31. The summed E-state index contributed by atoms with van der Waals surface area (Å²) in [7, 11) is 0. The zero-order valence-corrected chi connectivity index (χ0v) is 10.6. The molecule has 1 aromatic rings. The van der Waals surface area contributed by atoms with Crippen LogP contribution in [0.1, 0.15) is 36.0 Å². The van der Waals surface area contributed by atoms with E-state index in [1.165, 1.54) is 12.0 Å². The first kappa shape index (κ1) is 13.0. The lowest BCUT2D eigenvalue weighted by molar-refractivity contribution is 0.0953. The molecule has 1 heterocycles. The van der Waals surface area contributed by atoms with Crippen molar-refractivity contribution in [2.45, 2.75) is 25.7 Å². The largest absolute Gasteiger partial charge is 0.352 e. The third-order valence-corrected chi connectivity index (χ3v) is 3.22. The normalized spacial score (nSPS) is 14.4. The highest BCUT2D eigenvalue weighted by Gasteiger charge is 2.12. The van der Waals surface area contributed by atoms with Gasteiger partial charge < -0.3 is 5.32 Å². The van der Waals surface area contributed by atoms with Crippen LogP contribution in [-0.2, 0) is 0 Å². The Hall–Kier alpha value is -1.42. The second kappa shape index (κ2) is 5.96. The minimum absolute atomic E-state index is 0.0222. The van der Waals surface area contributed by atoms with Crippen molar-refractivity contribution < 1.29 is 9.18 Å². The second-order valence-corrected chi connectivity index (χ2v) is 4.61. The molecule has 0 aromatic carbocycles. The molecule has 1 aromatic heterocycles. The molecule has 1 N–H and O–H groups in total. The van der Waals surface area contributed by atoms with Gasteiger partial charge in [0.05, 0.1) is 11.8 Å². The maximum Gasteiger partial charge on any atom is 0.254 e. The van der Waals surface area contributed by atoms with E-state index < -0.39 is 5.82 Å². The smallest absolute Gasteiger partial charge is 0.254 e. The maximum atomic E-state index is 13.0. The van der Waals surface area contributed by atoms with Crippen LogP contribution in [0.2, 0.25) is 5.15 Å². The van der Waals surface area contributed by atoms with E-state index in [2.05, 4.69) is 16.4 Å². The highest BCUT2D eigenvalue weighted by molar-refractivity contribution is 6.32. The van der Waals surface area contributed by atoms with Crippen LogP contribution in [0.3, 0.4) is 0 Å². The standard InChI is InChI=1S/C13H14ClFN2O/c14-12-11(7-10(15)8-17-12)13(18)16-6-5-9-3-1-2-4-9/h3,7-8H,1-2,4-6H2,(H,16,18). The van der Waals surface area contributed by atoms with Crippen molar-refractivity contribution in [2.75, 3.05) is 6.54 Å². The van der Waals surface area contributed by atoms with Crippen LogP contribution in [0.25, 0.3) is 0 Å². The van der Waals surface area contributed by atoms with E-state index in [0.717, 1.165) is 31.5 Å². The Bertz CT molecular complexity index is 488. The van der Waals surface area contributed by atoms with Gasteiger partial charge in [0.2, 0.25) is 0 Å². The molecule has 96 valence electrons. The zero-order valence-electron chi connectivity index (χ0n) is 9.88. The quantitative estimate of drug-likeness (QED) is 0.673. The summed E-state index contributed by atoms with van der Waals surface area (Å²) in [6.07, 6.45) is 7.47. The number of allylic oxidation sites excluding steroid dienone is 1. The van der Waals surface area contributed by atoms with Crippen LogP contribution >= 0.6 is 11.6 Å². The number of halogens is 2. The number of hydrogen-bond acceptors (Lipinski definition) is 2. The molecular formula is C13H14ClFN2O. The molecule has 0 radical (unpaired) electrons. The number of nitrogens with one attached hydrogen (secondary N) is 1. The first-order valence-electron chi connectivity index (χ1n) is 5.94. The van der Waals surface area contributed by atoms with Crippen LogP contribution in [-0.4, -0.2) is 17.4 Å². The van der Waals surface area contributed by atoms with Crippen molar-refractivity contribution in [3.8, 4) is 0 Å². The van der Waals surface area contributed by atoms with Gasteiger partial charge in [-0.1, -0.05) is 23.3 Å². The highest BCUT2D eigenvalue weighted by atomic mass is 35.5. The molecule has 0 saturated carbocycles. The van der Waals surface area contributed by atoms with Crippen molar-refractivity contribution in [1.82, 2.24) is 10.3 Å². The molecule has 0 bridgehead atoms. The molecule has 1 aliphatic carbocycles. The Morgan fingerprint density at radius 2 is 2.39 bits per heavy atom. The molecule has 5 heteroatoms. The summed E-state index contributed by atoms with van der Waals surface area (Å²) in [6, 6.07) is 1.10. The topological polar surface area (TPSA) is 42.0 Å². The lowest BCUT2D eigenvalue weighted by Gasteiger charge is -2.06. The van der Waals surface area contributed by atoms with E-state index in [4.69, 9.17) is 11.6 Å². The summed E-state index contributed by atoms with van der Waals surface area (Å²) in [5.41, 5.74) is 1.45. The fraction of sp³-hybridized carbons (Fsp3) is 0.385. The summed E-state index contributed by atoms with van der Waals surface area (Å²) in [5.74, 6) is -0.950. The Morgan fingerprint density at radius 3 is 3.11 bits per heavy atom. The van der Waals surface area contributed by atoms with Crippen LogP contribution in [0, 0.1) is 5.82 Å². The fourth-order valence-electron chi connectivity index (χ4n) is 1.98. The van der Waals surface area contributed by atoms with Gasteiger partial charge in [0, 0.05) is 6.54 Å². The SMILES string of the molecule is O=C(NCCC1=CCCC1)c1cc(F)cnc1Cl. The monoisotopic (exact) mass is 268 g/mol. The van der Waals surface area contributed by atoms with Gasteiger partial charge in [-0.05, 0) is 31.7 Å². The van der Waals surface area contributed by atoms with Crippen LogP contribution in [0.4, 0.5) is 4.39 Å². The molecule has 0 spiro atoms. The van der Waals surface area contributed by atoms with E-state index in [1.54, 1.807) is 0 Å². The molecular weight excluding hydrogens is 255 g/mol. The van der Waals surface area contributed by atoms with Gasteiger partial charge in [-0.2, -0.15) is 0 Å². The molecule has 0 saturated heterocycles. The lowest BCUT2D eigenvalue weighted by atomic mass is 10.1. The summed E-state index contributed by atoms with van der Waals surface area (Å²) >= 11 is 5.75. The summed E-state index contributed by atoms with van der Waals surface area (Å²) in [5, 5.41) is 2.75. The number of rotatable bonds is 4.